The van der Waals surface area contributed by atoms with Crippen molar-refractivity contribution in [1.82, 2.24) is 9.38 Å². The minimum absolute atomic E-state index is 0.0304. The molecular weight excluding hydrogens is 556 g/mol. The van der Waals surface area contributed by atoms with Crippen LogP contribution in [0.25, 0.3) is 4.96 Å². The molecule has 2 heterocycles. The normalized spacial score (nSPS) is 10.7. The van der Waals surface area contributed by atoms with Gasteiger partial charge in [0.05, 0.1) is 19.9 Å². The third-order valence-corrected chi connectivity index (χ3v) is 7.29. The molecule has 2 amide bonds. The Balaban J connectivity index is 1.48. The number of hydrogen-bond acceptors (Lipinski definition) is 8. The monoisotopic (exact) mass is 584 g/mol. The van der Waals surface area contributed by atoms with Gasteiger partial charge in [-0.05, 0) is 55.0 Å². The number of fused-ring (bicyclic) bond motifs is 1. The molecule has 42 heavy (non-hydrogen) atoms. The largest absolute Gasteiger partial charge is 0.497 e. The van der Waals surface area contributed by atoms with E-state index < -0.39 is 17.4 Å². The number of para-hydroxylation sites is 1. The first kappa shape index (κ1) is 28.4. The highest BCUT2D eigenvalue weighted by atomic mass is 32.1. The molecule has 3 aromatic carbocycles. The van der Waals surface area contributed by atoms with Crippen molar-refractivity contribution in [2.75, 3.05) is 24.9 Å². The number of aryl methyl sites for hydroxylation is 1. The predicted octanol–water partition coefficient (Wildman–Crippen LogP) is 6.02. The van der Waals surface area contributed by atoms with Gasteiger partial charge >= 0.3 is 0 Å². The lowest BCUT2D eigenvalue weighted by Gasteiger charge is -2.12. The lowest BCUT2D eigenvalue weighted by molar-refractivity contribution is 0.0989. The van der Waals surface area contributed by atoms with Crippen molar-refractivity contribution >= 4 is 39.5 Å². The van der Waals surface area contributed by atoms with Crippen molar-refractivity contribution in [2.45, 2.75) is 19.8 Å². The molecule has 0 aliphatic carbocycles. The number of ether oxygens (including phenoxy) is 3. The Morgan fingerprint density at radius 1 is 0.857 bits per heavy atom. The number of hydrogen-bond donors (Lipinski definition) is 2. The SMILES string of the molecule is CCCc1cc(=O)n2c(C(=O)Nc3ccc(OC)cc3OC)c(C(=O)Nc3ccc(Oc4ccccc4)cc3)sc2n1. The average Bonchev–Trinajstić information content (AvgIpc) is 3.39. The number of benzene rings is 3. The van der Waals surface area contributed by atoms with Gasteiger partial charge in [-0.3, -0.25) is 14.4 Å². The summed E-state index contributed by atoms with van der Waals surface area (Å²) in [4.78, 5) is 45.3. The second kappa shape index (κ2) is 12.6. The molecule has 0 unspecified atom stereocenters. The molecule has 0 atom stereocenters. The molecule has 0 spiro atoms. The number of thiazole rings is 1. The van der Waals surface area contributed by atoms with Crippen molar-refractivity contribution in [3.05, 3.63) is 105 Å². The van der Waals surface area contributed by atoms with E-state index in [1.165, 1.54) is 24.7 Å². The van der Waals surface area contributed by atoms with Crippen molar-refractivity contribution in [2.24, 2.45) is 0 Å². The van der Waals surface area contributed by atoms with Gasteiger partial charge in [-0.2, -0.15) is 0 Å². The van der Waals surface area contributed by atoms with Gasteiger partial charge in [-0.25, -0.2) is 9.38 Å². The second-order valence-corrected chi connectivity index (χ2v) is 10.1. The zero-order valence-electron chi connectivity index (χ0n) is 23.2. The molecular formula is C31H28N4O6S. The molecule has 214 valence electrons. The summed E-state index contributed by atoms with van der Waals surface area (Å²) in [6.45, 7) is 1.98. The molecule has 0 fully saturated rings. The molecule has 11 heteroatoms. The van der Waals surface area contributed by atoms with E-state index in [2.05, 4.69) is 15.6 Å². The fourth-order valence-corrected chi connectivity index (χ4v) is 5.31. The first-order chi connectivity index (χ1) is 20.4. The molecule has 0 aliphatic rings. The van der Waals surface area contributed by atoms with Gasteiger partial charge in [-0.1, -0.05) is 42.9 Å². The molecule has 0 saturated heterocycles. The Hall–Kier alpha value is -5.16. The number of carbonyl (C=O) groups excluding carboxylic acids is 2. The van der Waals surface area contributed by atoms with E-state index in [-0.39, 0.29) is 15.5 Å². The summed E-state index contributed by atoms with van der Waals surface area (Å²) in [5.41, 5.74) is 0.830. The van der Waals surface area contributed by atoms with E-state index >= 15 is 0 Å². The minimum Gasteiger partial charge on any atom is -0.497 e. The smallest absolute Gasteiger partial charge is 0.274 e. The molecule has 0 bridgehead atoms. The fourth-order valence-electron chi connectivity index (χ4n) is 4.27. The maximum atomic E-state index is 13.7. The van der Waals surface area contributed by atoms with Crippen LogP contribution in [0.2, 0.25) is 0 Å². The van der Waals surface area contributed by atoms with Crippen LogP contribution in [0.4, 0.5) is 11.4 Å². The number of amides is 2. The van der Waals surface area contributed by atoms with Crippen molar-refractivity contribution in [3.8, 4) is 23.0 Å². The summed E-state index contributed by atoms with van der Waals surface area (Å²) in [6.07, 6.45) is 1.38. The van der Waals surface area contributed by atoms with Gasteiger partial charge in [0.25, 0.3) is 17.4 Å². The van der Waals surface area contributed by atoms with E-state index in [0.29, 0.717) is 46.5 Å². The van der Waals surface area contributed by atoms with Crippen LogP contribution >= 0.6 is 11.3 Å². The topological polar surface area (TPSA) is 120 Å². The Morgan fingerprint density at radius 2 is 1.57 bits per heavy atom. The van der Waals surface area contributed by atoms with Gasteiger partial charge in [0.15, 0.2) is 4.96 Å². The number of anilines is 2. The number of methoxy groups -OCH3 is 2. The molecule has 2 aromatic heterocycles. The zero-order chi connectivity index (χ0) is 29.6. The highest BCUT2D eigenvalue weighted by molar-refractivity contribution is 7.19. The van der Waals surface area contributed by atoms with Crippen LogP contribution in [0, 0.1) is 0 Å². The highest BCUT2D eigenvalue weighted by Gasteiger charge is 2.27. The number of carbonyl (C=O) groups is 2. The number of nitrogens with zero attached hydrogens (tertiary/aromatic N) is 2. The minimum atomic E-state index is -0.673. The standard InChI is InChI=1S/C31H28N4O6S/c1-4-8-20-17-26(36)35-27(29(37)34-24-16-15-23(39-2)18-25(24)40-3)28(42-31(35)33-20)30(38)32-19-11-13-22(14-12-19)41-21-9-6-5-7-10-21/h5-7,9-18H,4,8H2,1-3H3,(H,32,38)(H,34,37). The number of aromatic nitrogens is 2. The second-order valence-electron chi connectivity index (χ2n) is 9.15. The Labute approximate surface area is 245 Å². The van der Waals surface area contributed by atoms with Crippen molar-refractivity contribution < 1.29 is 23.8 Å². The summed E-state index contributed by atoms with van der Waals surface area (Å²) in [5.74, 6) is 0.925. The predicted molar refractivity (Wildman–Crippen MR) is 162 cm³/mol. The van der Waals surface area contributed by atoms with E-state index in [9.17, 15) is 14.4 Å². The quantitative estimate of drug-likeness (QED) is 0.206. The first-order valence-corrected chi connectivity index (χ1v) is 13.9. The molecule has 0 aliphatic heterocycles. The van der Waals surface area contributed by atoms with Crippen LogP contribution in [0.1, 0.15) is 39.2 Å². The summed E-state index contributed by atoms with van der Waals surface area (Å²) >= 11 is 0.968. The van der Waals surface area contributed by atoms with Crippen LogP contribution in [0.3, 0.4) is 0 Å². The Bertz CT molecular complexity index is 1800. The van der Waals surface area contributed by atoms with Gasteiger partial charge in [0, 0.05) is 23.5 Å². The van der Waals surface area contributed by atoms with Gasteiger partial charge in [0.2, 0.25) is 0 Å². The van der Waals surface area contributed by atoms with Crippen LogP contribution in [-0.4, -0.2) is 35.4 Å². The zero-order valence-corrected chi connectivity index (χ0v) is 24.0. The Kier molecular flexibility index (Phi) is 8.49. The first-order valence-electron chi connectivity index (χ1n) is 13.1. The molecule has 10 nitrogen and oxygen atoms in total. The van der Waals surface area contributed by atoms with Crippen molar-refractivity contribution in [1.29, 1.82) is 0 Å². The fraction of sp³-hybridized carbons (Fsp3) is 0.161. The lowest BCUT2D eigenvalue weighted by atomic mass is 10.2. The lowest BCUT2D eigenvalue weighted by Crippen LogP contribution is -2.25. The summed E-state index contributed by atoms with van der Waals surface area (Å²) < 4.78 is 17.6. The molecule has 5 aromatic rings. The van der Waals surface area contributed by atoms with E-state index in [0.717, 1.165) is 17.8 Å². The third kappa shape index (κ3) is 6.11. The van der Waals surface area contributed by atoms with Crippen LogP contribution < -0.4 is 30.4 Å². The molecule has 0 radical (unpaired) electrons. The van der Waals surface area contributed by atoms with E-state index in [1.807, 2.05) is 37.3 Å². The molecule has 2 N–H and O–H groups in total. The maximum Gasteiger partial charge on any atom is 0.274 e. The van der Waals surface area contributed by atoms with E-state index in [1.54, 1.807) is 42.5 Å². The molecule has 5 rings (SSSR count). The van der Waals surface area contributed by atoms with Crippen LogP contribution in [0.5, 0.6) is 23.0 Å². The maximum absolute atomic E-state index is 13.7. The van der Waals surface area contributed by atoms with Gasteiger partial charge < -0.3 is 24.8 Å². The molecule has 0 saturated carbocycles. The third-order valence-electron chi connectivity index (χ3n) is 6.25. The summed E-state index contributed by atoms with van der Waals surface area (Å²) in [6, 6.07) is 22.4. The van der Waals surface area contributed by atoms with E-state index in [4.69, 9.17) is 14.2 Å². The van der Waals surface area contributed by atoms with Gasteiger partial charge in [-0.15, -0.1) is 0 Å². The van der Waals surface area contributed by atoms with Crippen molar-refractivity contribution in [3.63, 3.8) is 0 Å². The van der Waals surface area contributed by atoms with Crippen LogP contribution in [0.15, 0.2) is 83.7 Å². The summed E-state index contributed by atoms with van der Waals surface area (Å²) in [7, 11) is 2.98. The summed E-state index contributed by atoms with van der Waals surface area (Å²) in [5, 5.41) is 5.59. The number of rotatable bonds is 10. The Morgan fingerprint density at radius 3 is 2.26 bits per heavy atom. The number of nitrogens with one attached hydrogen (secondary N) is 2. The highest BCUT2D eigenvalue weighted by Crippen LogP contribution is 2.31. The average molecular weight is 585 g/mol. The van der Waals surface area contributed by atoms with Crippen LogP contribution in [-0.2, 0) is 6.42 Å². The van der Waals surface area contributed by atoms with Gasteiger partial charge in [0.1, 0.15) is 33.6 Å².